The Morgan fingerprint density at radius 2 is 1.73 bits per heavy atom. The third-order valence-corrected chi connectivity index (χ3v) is 3.74. The van der Waals surface area contributed by atoms with Gasteiger partial charge in [0.2, 0.25) is 0 Å². The molecule has 4 heteroatoms. The number of benzene rings is 2. The first kappa shape index (κ1) is 16.3. The quantitative estimate of drug-likeness (QED) is 0.384. The van der Waals surface area contributed by atoms with Gasteiger partial charge in [-0.15, -0.1) is 5.54 Å². The van der Waals surface area contributed by atoms with E-state index in [0.717, 1.165) is 16.9 Å². The predicted molar refractivity (Wildman–Crippen MR) is 97.3 cm³/mol. The molecule has 2 aromatic carbocycles. The third-order valence-electron chi connectivity index (χ3n) is 2.63. The molecule has 0 saturated heterocycles. The Hall–Kier alpha value is -2.11. The van der Waals surface area contributed by atoms with Crippen molar-refractivity contribution in [1.82, 2.24) is 0 Å². The molecule has 0 spiro atoms. The molecule has 0 N–H and O–H groups in total. The van der Waals surface area contributed by atoms with Crippen LogP contribution >= 0.6 is 11.6 Å². The highest BCUT2D eigenvalue weighted by Gasteiger charge is 2.07. The third kappa shape index (κ3) is 5.35. The number of nitrogens with zero attached hydrogens (tertiary/aromatic N) is 2. The highest BCUT2D eigenvalue weighted by Crippen LogP contribution is 2.19. The number of para-hydroxylation sites is 1. The second-order valence-electron chi connectivity index (χ2n) is 5.82. The van der Waals surface area contributed by atoms with Gasteiger partial charge in [0, 0.05) is 5.02 Å². The average Bonchev–Trinajstić information content (AvgIpc) is 2.45. The van der Waals surface area contributed by atoms with Gasteiger partial charge < -0.3 is 0 Å². The Balaban J connectivity index is 2.30. The van der Waals surface area contributed by atoms with Crippen LogP contribution in [-0.4, -0.2) is 14.1 Å². The Morgan fingerprint density at radius 3 is 2.45 bits per heavy atom. The fraction of sp³-hybridized carbons (Fsp3) is 0.167. The van der Waals surface area contributed by atoms with Crippen LogP contribution in [0.15, 0.2) is 58.5 Å². The molecule has 0 amide bonds. The highest BCUT2D eigenvalue weighted by molar-refractivity contribution is 6.83. The fourth-order valence-electron chi connectivity index (χ4n) is 1.61. The maximum atomic E-state index is 5.92. The maximum absolute atomic E-state index is 5.92. The van der Waals surface area contributed by atoms with Crippen LogP contribution in [-0.2, 0) is 0 Å². The fourth-order valence-corrected chi connectivity index (χ4v) is 2.31. The van der Waals surface area contributed by atoms with E-state index in [1.165, 1.54) is 0 Å². The first-order valence-corrected chi connectivity index (χ1v) is 10.9. The topological polar surface area (TPSA) is 24.7 Å². The Labute approximate surface area is 137 Å². The zero-order valence-corrected chi connectivity index (χ0v) is 14.6. The summed E-state index contributed by atoms with van der Waals surface area (Å²) in [6.45, 7) is 6.64. The predicted octanol–water partition coefficient (Wildman–Crippen LogP) is 5.71. The van der Waals surface area contributed by atoms with Crippen molar-refractivity contribution in [3.8, 4) is 11.5 Å². The van der Waals surface area contributed by atoms with Gasteiger partial charge in [-0.3, -0.25) is 0 Å². The maximum Gasteiger partial charge on any atom is 0.129 e. The smallest absolute Gasteiger partial charge is 0.129 e. The van der Waals surface area contributed by atoms with Crippen LogP contribution in [0.5, 0.6) is 0 Å². The summed E-state index contributed by atoms with van der Waals surface area (Å²) in [6, 6.07) is 17.7. The Kier molecular flexibility index (Phi) is 5.35. The average molecular weight is 325 g/mol. The second-order valence-corrected chi connectivity index (χ2v) is 11.0. The lowest BCUT2D eigenvalue weighted by molar-refractivity contribution is 1.47. The lowest BCUT2D eigenvalue weighted by Gasteiger charge is -2.03. The van der Waals surface area contributed by atoms with Crippen molar-refractivity contribution in [3.63, 3.8) is 0 Å². The van der Waals surface area contributed by atoms with E-state index in [-0.39, 0.29) is 0 Å². The van der Waals surface area contributed by atoms with E-state index in [1.807, 2.05) is 36.4 Å². The normalized spacial score (nSPS) is 10.2. The van der Waals surface area contributed by atoms with Crippen molar-refractivity contribution in [2.75, 3.05) is 0 Å². The first-order valence-electron chi connectivity index (χ1n) is 6.98. The van der Waals surface area contributed by atoms with E-state index in [9.17, 15) is 0 Å². The highest BCUT2D eigenvalue weighted by atomic mass is 35.5. The van der Waals surface area contributed by atoms with Crippen molar-refractivity contribution in [2.45, 2.75) is 19.6 Å². The monoisotopic (exact) mass is 324 g/mol. The molecule has 2 aromatic rings. The van der Waals surface area contributed by atoms with Crippen LogP contribution in [0.25, 0.3) is 0 Å². The summed E-state index contributed by atoms with van der Waals surface area (Å²) in [5.74, 6) is 3.23. The molecule has 0 aromatic heterocycles. The van der Waals surface area contributed by atoms with Gasteiger partial charge in [-0.25, -0.2) is 0 Å². The lowest BCUT2D eigenvalue weighted by Crippen LogP contribution is -2.16. The molecule has 0 fully saturated rings. The minimum Gasteiger partial charge on any atom is -0.187 e. The molecule has 2 rings (SSSR count). The van der Waals surface area contributed by atoms with E-state index < -0.39 is 8.07 Å². The minimum atomic E-state index is -1.41. The van der Waals surface area contributed by atoms with E-state index in [2.05, 4.69) is 47.1 Å². The molecule has 0 unspecified atom stereocenters. The Morgan fingerprint density at radius 1 is 0.955 bits per heavy atom. The van der Waals surface area contributed by atoms with Crippen LogP contribution in [0.1, 0.15) is 5.56 Å². The molecule has 2 nitrogen and oxygen atoms in total. The van der Waals surface area contributed by atoms with Gasteiger partial charge in [0.1, 0.15) is 14.1 Å². The molecule has 0 saturated carbocycles. The van der Waals surface area contributed by atoms with Gasteiger partial charge in [0.05, 0.1) is 16.9 Å². The number of aliphatic imine (C=N–C) groups is 2. The van der Waals surface area contributed by atoms with Gasteiger partial charge in [0.25, 0.3) is 0 Å². The van der Waals surface area contributed by atoms with Gasteiger partial charge in [-0.2, -0.15) is 9.98 Å². The van der Waals surface area contributed by atoms with Crippen LogP contribution < -0.4 is 0 Å². The van der Waals surface area contributed by atoms with E-state index in [0.29, 0.717) is 5.02 Å². The zero-order valence-electron chi connectivity index (χ0n) is 12.9. The van der Waals surface area contributed by atoms with Gasteiger partial charge in [-0.1, -0.05) is 55.4 Å². The summed E-state index contributed by atoms with van der Waals surface area (Å²) in [5, 5.41) is 0.643. The van der Waals surface area contributed by atoms with Gasteiger partial charge >= 0.3 is 0 Å². The summed E-state index contributed by atoms with van der Waals surface area (Å²) in [7, 11) is -1.41. The molecular formula is C18H17ClN2Si. The van der Waals surface area contributed by atoms with Crippen LogP contribution in [0.2, 0.25) is 24.7 Å². The molecule has 0 radical (unpaired) electrons. The molecule has 0 aliphatic rings. The summed E-state index contributed by atoms with van der Waals surface area (Å²) in [4.78, 5) is 8.46. The zero-order chi connectivity index (χ0) is 16.0. The van der Waals surface area contributed by atoms with Gasteiger partial charge in [-0.05, 0) is 30.3 Å². The number of rotatable bonds is 2. The van der Waals surface area contributed by atoms with Gasteiger partial charge in [0.15, 0.2) is 0 Å². The molecule has 0 aliphatic heterocycles. The van der Waals surface area contributed by atoms with Crippen LogP contribution in [0.3, 0.4) is 0 Å². The largest absolute Gasteiger partial charge is 0.187 e. The molecule has 0 heterocycles. The first-order chi connectivity index (χ1) is 10.4. The molecular weight excluding hydrogens is 308 g/mol. The number of hydrogen-bond acceptors (Lipinski definition) is 2. The number of halogens is 1. The van der Waals surface area contributed by atoms with Crippen molar-refractivity contribution in [2.24, 2.45) is 9.98 Å². The standard InChI is InChI=1S/C18H17ClN2Si/c1-22(2,3)12-11-15-7-4-5-10-18(15)21-14-20-17-9-6-8-16(19)13-17/h4-10,13H,1-3H3. The second kappa shape index (κ2) is 7.24. The van der Waals surface area contributed by atoms with E-state index in [1.54, 1.807) is 12.1 Å². The summed E-state index contributed by atoms with van der Waals surface area (Å²) >= 11 is 5.92. The van der Waals surface area contributed by atoms with Crippen molar-refractivity contribution in [1.29, 1.82) is 0 Å². The van der Waals surface area contributed by atoms with E-state index in [4.69, 9.17) is 11.6 Å². The minimum absolute atomic E-state index is 0.643. The SMILES string of the molecule is C[Si](C)(C)C#Cc1ccccc1N=C=Nc1cccc(Cl)c1. The number of hydrogen-bond donors (Lipinski definition) is 0. The summed E-state index contributed by atoms with van der Waals surface area (Å²) in [6.07, 6.45) is 0. The van der Waals surface area contributed by atoms with Crippen LogP contribution in [0.4, 0.5) is 11.4 Å². The van der Waals surface area contributed by atoms with Crippen molar-refractivity contribution in [3.05, 3.63) is 59.1 Å². The molecule has 22 heavy (non-hydrogen) atoms. The molecule has 0 bridgehead atoms. The van der Waals surface area contributed by atoms with Crippen molar-refractivity contribution >= 4 is 37.1 Å². The summed E-state index contributed by atoms with van der Waals surface area (Å²) in [5.41, 5.74) is 5.75. The summed E-state index contributed by atoms with van der Waals surface area (Å²) < 4.78 is 0. The molecule has 0 atom stereocenters. The van der Waals surface area contributed by atoms with Crippen molar-refractivity contribution < 1.29 is 0 Å². The molecule has 0 aliphatic carbocycles. The lowest BCUT2D eigenvalue weighted by atomic mass is 10.2. The van der Waals surface area contributed by atoms with Crippen LogP contribution in [0, 0.1) is 11.5 Å². The molecule has 110 valence electrons. The van der Waals surface area contributed by atoms with E-state index >= 15 is 0 Å². The Bertz CT molecular complexity index is 788.